The molecule has 0 fully saturated rings. The summed E-state index contributed by atoms with van der Waals surface area (Å²) in [5.74, 6) is 0. The maximum atomic E-state index is 2.51. The Kier molecular flexibility index (Phi) is 8.12. The molecular weight excluding hydrogens is 699 g/mol. The molecule has 10 aromatic rings. The fraction of sp³-hybridized carbons (Fsp3) is 0.0175. The number of hydrogen-bond donors (Lipinski definition) is 0. The second-order valence-electron chi connectivity index (χ2n) is 15.3. The Hall–Kier alpha value is -7.48. The quantitative estimate of drug-likeness (QED) is 0.157. The van der Waals surface area contributed by atoms with Gasteiger partial charge in [-0.1, -0.05) is 206 Å². The van der Waals surface area contributed by atoms with Crippen LogP contribution in [0.3, 0.4) is 0 Å². The average Bonchev–Trinajstić information content (AvgIpc) is 3.60. The monoisotopic (exact) mass is 737 g/mol. The van der Waals surface area contributed by atoms with Gasteiger partial charge >= 0.3 is 0 Å². The number of fused-ring (bicyclic) bond motifs is 5. The third-order valence-electron chi connectivity index (χ3n) is 12.1. The van der Waals surface area contributed by atoms with Crippen LogP contribution in [0.4, 0.5) is 17.1 Å². The number of benzene rings is 10. The van der Waals surface area contributed by atoms with E-state index in [-0.39, 0.29) is 0 Å². The molecule has 11 rings (SSSR count). The molecule has 1 nitrogen and oxygen atoms in total. The highest BCUT2D eigenvalue weighted by molar-refractivity contribution is 6.02. The lowest BCUT2D eigenvalue weighted by Gasteiger charge is -2.35. The largest absolute Gasteiger partial charge is 0.309 e. The first-order valence-corrected chi connectivity index (χ1v) is 20.1. The summed E-state index contributed by atoms with van der Waals surface area (Å²) in [6.07, 6.45) is 0. The normalized spacial score (nSPS) is 12.6. The Morgan fingerprint density at radius 1 is 0.293 bits per heavy atom. The van der Waals surface area contributed by atoms with Gasteiger partial charge in [-0.15, -0.1) is 0 Å². The van der Waals surface area contributed by atoms with Crippen molar-refractivity contribution in [2.45, 2.75) is 5.41 Å². The first kappa shape index (κ1) is 33.8. The highest BCUT2D eigenvalue weighted by atomic mass is 15.1. The Morgan fingerprint density at radius 2 is 0.862 bits per heavy atom. The van der Waals surface area contributed by atoms with E-state index in [1.54, 1.807) is 0 Å². The summed E-state index contributed by atoms with van der Waals surface area (Å²) in [5.41, 5.74) is 15.2. The predicted molar refractivity (Wildman–Crippen MR) is 244 cm³/mol. The maximum absolute atomic E-state index is 2.51. The first-order valence-electron chi connectivity index (χ1n) is 20.1. The minimum atomic E-state index is -0.524. The summed E-state index contributed by atoms with van der Waals surface area (Å²) < 4.78 is 0. The van der Waals surface area contributed by atoms with Gasteiger partial charge in [-0.25, -0.2) is 0 Å². The van der Waals surface area contributed by atoms with Gasteiger partial charge in [0.25, 0.3) is 0 Å². The van der Waals surface area contributed by atoms with Gasteiger partial charge in [-0.2, -0.15) is 0 Å². The molecule has 0 aromatic heterocycles. The molecule has 0 amide bonds. The molecule has 10 aromatic carbocycles. The van der Waals surface area contributed by atoms with E-state index >= 15 is 0 Å². The van der Waals surface area contributed by atoms with Crippen molar-refractivity contribution in [3.05, 3.63) is 259 Å². The van der Waals surface area contributed by atoms with Crippen molar-refractivity contribution in [2.75, 3.05) is 4.90 Å². The number of rotatable bonds is 7. The molecule has 0 heterocycles. The van der Waals surface area contributed by atoms with Gasteiger partial charge in [0.2, 0.25) is 0 Å². The molecule has 0 bridgehead atoms. The van der Waals surface area contributed by atoms with Crippen LogP contribution < -0.4 is 4.90 Å². The van der Waals surface area contributed by atoms with Gasteiger partial charge in [0.05, 0.1) is 16.8 Å². The van der Waals surface area contributed by atoms with Crippen LogP contribution in [0.1, 0.15) is 22.3 Å². The molecule has 1 aliphatic carbocycles. The van der Waals surface area contributed by atoms with Crippen LogP contribution in [0.2, 0.25) is 0 Å². The van der Waals surface area contributed by atoms with Gasteiger partial charge in [0, 0.05) is 16.6 Å². The molecule has 0 saturated carbocycles. The standard InChI is InChI=1S/C57H39N/c1-4-18-41(19-5-1)50-35-33-45(44-32-31-40-17-10-11-21-43(40)37-44)38-56(50)58(55-30-16-22-42-20-12-13-27-49(42)55)48-34-36-52-51-28-14-15-29-53(51)57(54(52)39-48,46-23-6-2-7-24-46)47-25-8-3-9-26-47/h1-39H. The van der Waals surface area contributed by atoms with Crippen LogP contribution in [0.25, 0.3) is 54.9 Å². The van der Waals surface area contributed by atoms with Crippen LogP contribution in [-0.2, 0) is 5.41 Å². The van der Waals surface area contributed by atoms with E-state index < -0.39 is 5.41 Å². The topological polar surface area (TPSA) is 3.24 Å². The Bertz CT molecular complexity index is 3070. The van der Waals surface area contributed by atoms with Crippen LogP contribution >= 0.6 is 0 Å². The third kappa shape index (κ3) is 5.39. The summed E-state index contributed by atoms with van der Waals surface area (Å²) in [5, 5.41) is 4.87. The summed E-state index contributed by atoms with van der Waals surface area (Å²) >= 11 is 0. The summed E-state index contributed by atoms with van der Waals surface area (Å²) in [4.78, 5) is 2.51. The highest BCUT2D eigenvalue weighted by Gasteiger charge is 2.46. The molecule has 0 unspecified atom stereocenters. The minimum absolute atomic E-state index is 0.524. The fourth-order valence-corrected chi connectivity index (χ4v) is 9.51. The van der Waals surface area contributed by atoms with Crippen molar-refractivity contribution in [2.24, 2.45) is 0 Å². The zero-order chi connectivity index (χ0) is 38.5. The smallest absolute Gasteiger partial charge is 0.0714 e. The van der Waals surface area contributed by atoms with Crippen LogP contribution in [0.15, 0.2) is 237 Å². The summed E-state index contributed by atoms with van der Waals surface area (Å²) in [6, 6.07) is 87.0. The third-order valence-corrected chi connectivity index (χ3v) is 12.1. The predicted octanol–water partition coefficient (Wildman–Crippen LogP) is 15.2. The van der Waals surface area contributed by atoms with E-state index in [1.165, 1.54) is 77.2 Å². The van der Waals surface area contributed by atoms with Crippen LogP contribution in [-0.4, -0.2) is 0 Å². The van der Waals surface area contributed by atoms with Gasteiger partial charge in [0.15, 0.2) is 0 Å². The van der Waals surface area contributed by atoms with Crippen LogP contribution in [0, 0.1) is 0 Å². The second-order valence-corrected chi connectivity index (χ2v) is 15.3. The summed E-state index contributed by atoms with van der Waals surface area (Å²) in [7, 11) is 0. The molecule has 0 atom stereocenters. The minimum Gasteiger partial charge on any atom is -0.309 e. The zero-order valence-electron chi connectivity index (χ0n) is 32.0. The van der Waals surface area contributed by atoms with Gasteiger partial charge < -0.3 is 4.90 Å². The van der Waals surface area contributed by atoms with E-state index in [0.717, 1.165) is 17.1 Å². The number of anilines is 3. The number of nitrogens with zero attached hydrogens (tertiary/aromatic N) is 1. The van der Waals surface area contributed by atoms with E-state index in [1.807, 2.05) is 0 Å². The lowest BCUT2D eigenvalue weighted by Crippen LogP contribution is -2.28. The van der Waals surface area contributed by atoms with E-state index in [9.17, 15) is 0 Å². The van der Waals surface area contributed by atoms with Crippen LogP contribution in [0.5, 0.6) is 0 Å². The van der Waals surface area contributed by atoms with Crippen molar-refractivity contribution in [1.29, 1.82) is 0 Å². The van der Waals surface area contributed by atoms with Gasteiger partial charge in [-0.3, -0.25) is 0 Å². The van der Waals surface area contributed by atoms with Gasteiger partial charge in [0.1, 0.15) is 0 Å². The van der Waals surface area contributed by atoms with Crippen molar-refractivity contribution in [3.8, 4) is 33.4 Å². The Morgan fingerprint density at radius 3 is 1.64 bits per heavy atom. The molecule has 0 saturated heterocycles. The lowest BCUT2D eigenvalue weighted by molar-refractivity contribution is 0.768. The Balaban J connectivity index is 1.23. The molecule has 0 radical (unpaired) electrons. The highest BCUT2D eigenvalue weighted by Crippen LogP contribution is 2.57. The van der Waals surface area contributed by atoms with Crippen molar-refractivity contribution in [1.82, 2.24) is 0 Å². The molecule has 0 N–H and O–H groups in total. The van der Waals surface area contributed by atoms with Gasteiger partial charge in [-0.05, 0) is 96.6 Å². The molecule has 1 aliphatic rings. The zero-order valence-corrected chi connectivity index (χ0v) is 32.0. The number of hydrogen-bond acceptors (Lipinski definition) is 1. The molecule has 0 spiro atoms. The maximum Gasteiger partial charge on any atom is 0.0714 e. The molecule has 272 valence electrons. The van der Waals surface area contributed by atoms with Crippen molar-refractivity contribution >= 4 is 38.6 Å². The average molecular weight is 738 g/mol. The molecule has 58 heavy (non-hydrogen) atoms. The molecular formula is C57H39N. The molecule has 1 heteroatoms. The first-order chi connectivity index (χ1) is 28.8. The van der Waals surface area contributed by atoms with Crippen molar-refractivity contribution in [3.63, 3.8) is 0 Å². The fourth-order valence-electron chi connectivity index (χ4n) is 9.51. The van der Waals surface area contributed by atoms with E-state index in [0.29, 0.717) is 0 Å². The van der Waals surface area contributed by atoms with E-state index in [2.05, 4.69) is 241 Å². The SMILES string of the molecule is c1ccc(-c2ccc(-c3ccc4ccccc4c3)cc2N(c2ccc3c(c2)C(c2ccccc2)(c2ccccc2)c2ccccc2-3)c2cccc3ccccc23)cc1. The molecule has 0 aliphatic heterocycles. The Labute approximate surface area is 339 Å². The second kappa shape index (κ2) is 13.9. The van der Waals surface area contributed by atoms with E-state index in [4.69, 9.17) is 0 Å². The van der Waals surface area contributed by atoms with Crippen molar-refractivity contribution < 1.29 is 0 Å². The summed E-state index contributed by atoms with van der Waals surface area (Å²) in [6.45, 7) is 0. The lowest BCUT2D eigenvalue weighted by atomic mass is 9.67.